The number of rotatable bonds is 5. The van der Waals surface area contributed by atoms with Gasteiger partial charge in [0.25, 0.3) is 5.56 Å². The van der Waals surface area contributed by atoms with E-state index < -0.39 is 16.3 Å². The third kappa shape index (κ3) is 3.67. The SMILES string of the molecule is O=c1c2ccccc2nc(S/C=C/c2ccc([N+](=O)[O-])o2)n1-c1ccccc1F. The average Bonchev–Trinajstić information content (AvgIpc) is 3.19. The van der Waals surface area contributed by atoms with Crippen LogP contribution in [0.1, 0.15) is 5.76 Å². The molecule has 0 saturated carbocycles. The van der Waals surface area contributed by atoms with Crippen LogP contribution >= 0.6 is 11.8 Å². The van der Waals surface area contributed by atoms with Crippen molar-refractivity contribution in [2.45, 2.75) is 5.16 Å². The Kier molecular flexibility index (Phi) is 4.96. The van der Waals surface area contributed by atoms with Gasteiger partial charge in [-0.25, -0.2) is 9.37 Å². The summed E-state index contributed by atoms with van der Waals surface area (Å²) in [5.74, 6) is -0.661. The number of halogens is 1. The van der Waals surface area contributed by atoms with Crippen molar-refractivity contribution >= 4 is 34.6 Å². The van der Waals surface area contributed by atoms with E-state index in [1.807, 2.05) is 0 Å². The Labute approximate surface area is 167 Å². The van der Waals surface area contributed by atoms with Crippen molar-refractivity contribution in [2.75, 3.05) is 0 Å². The fourth-order valence-electron chi connectivity index (χ4n) is 2.73. The molecule has 29 heavy (non-hydrogen) atoms. The Balaban J connectivity index is 1.79. The van der Waals surface area contributed by atoms with Gasteiger partial charge < -0.3 is 4.42 Å². The third-order valence-corrected chi connectivity index (χ3v) is 4.79. The van der Waals surface area contributed by atoms with Gasteiger partial charge in [-0.3, -0.25) is 19.5 Å². The molecule has 9 heteroatoms. The molecule has 0 aliphatic heterocycles. The number of furan rings is 1. The molecule has 2 heterocycles. The van der Waals surface area contributed by atoms with Gasteiger partial charge in [-0.1, -0.05) is 36.0 Å². The molecule has 2 aromatic heterocycles. The molecule has 2 aromatic carbocycles. The van der Waals surface area contributed by atoms with Gasteiger partial charge in [-0.15, -0.1) is 0 Å². The number of para-hydroxylation sites is 2. The highest BCUT2D eigenvalue weighted by Crippen LogP contribution is 2.25. The standard InChI is InChI=1S/C20H12FN3O4S/c21-15-6-2-4-8-17(15)23-19(25)14-5-1-3-7-16(14)22-20(23)29-12-11-13-9-10-18(28-13)24(26)27/h1-12H/b12-11+. The largest absolute Gasteiger partial charge is 0.433 e. The highest BCUT2D eigenvalue weighted by molar-refractivity contribution is 8.02. The number of fused-ring (bicyclic) bond motifs is 1. The molecule has 0 aliphatic rings. The van der Waals surface area contributed by atoms with E-state index in [0.717, 1.165) is 11.8 Å². The highest BCUT2D eigenvalue weighted by atomic mass is 32.2. The van der Waals surface area contributed by atoms with Crippen molar-refractivity contribution in [3.63, 3.8) is 0 Å². The molecule has 144 valence electrons. The third-order valence-electron chi connectivity index (χ3n) is 4.04. The maximum atomic E-state index is 14.4. The summed E-state index contributed by atoms with van der Waals surface area (Å²) in [6.45, 7) is 0. The Morgan fingerprint density at radius 2 is 1.86 bits per heavy atom. The first-order valence-electron chi connectivity index (χ1n) is 8.39. The molecule has 7 nitrogen and oxygen atoms in total. The first-order valence-corrected chi connectivity index (χ1v) is 9.27. The lowest BCUT2D eigenvalue weighted by Gasteiger charge is -2.12. The molecule has 0 radical (unpaired) electrons. The van der Waals surface area contributed by atoms with Gasteiger partial charge in [0.05, 0.1) is 22.7 Å². The lowest BCUT2D eigenvalue weighted by Crippen LogP contribution is -2.22. The fourth-order valence-corrected chi connectivity index (χ4v) is 3.49. The van der Waals surface area contributed by atoms with Crippen molar-refractivity contribution in [1.82, 2.24) is 9.55 Å². The van der Waals surface area contributed by atoms with Crippen LogP contribution in [0.4, 0.5) is 10.3 Å². The topological polar surface area (TPSA) is 91.2 Å². The predicted molar refractivity (Wildman–Crippen MR) is 108 cm³/mol. The number of thioether (sulfide) groups is 1. The molecule has 0 fully saturated rings. The van der Waals surface area contributed by atoms with E-state index in [4.69, 9.17) is 4.42 Å². The molecule has 0 spiro atoms. The lowest BCUT2D eigenvalue weighted by atomic mass is 10.2. The molecule has 0 N–H and O–H groups in total. The number of benzene rings is 2. The molecular weight excluding hydrogens is 397 g/mol. The maximum Gasteiger partial charge on any atom is 0.433 e. The number of nitro groups is 1. The van der Waals surface area contributed by atoms with E-state index in [2.05, 4.69) is 4.98 Å². The minimum absolute atomic E-state index is 0.0836. The van der Waals surface area contributed by atoms with Crippen LogP contribution in [0, 0.1) is 15.9 Å². The summed E-state index contributed by atoms with van der Waals surface area (Å²) >= 11 is 1.07. The van der Waals surface area contributed by atoms with Gasteiger partial charge in [0.15, 0.2) is 5.16 Å². The van der Waals surface area contributed by atoms with Gasteiger partial charge in [0.2, 0.25) is 0 Å². The second kappa shape index (κ2) is 7.72. The minimum Gasteiger partial charge on any atom is -0.401 e. The van der Waals surface area contributed by atoms with Gasteiger partial charge in [0.1, 0.15) is 16.5 Å². The number of hydrogen-bond acceptors (Lipinski definition) is 6. The molecule has 4 aromatic rings. The monoisotopic (exact) mass is 409 g/mol. The summed E-state index contributed by atoms with van der Waals surface area (Å²) in [6.07, 6.45) is 1.50. The minimum atomic E-state index is -0.634. The first-order chi connectivity index (χ1) is 14.0. The lowest BCUT2D eigenvalue weighted by molar-refractivity contribution is -0.402. The average molecular weight is 409 g/mol. The Morgan fingerprint density at radius 1 is 1.10 bits per heavy atom. The molecule has 0 atom stereocenters. The normalized spacial score (nSPS) is 11.3. The molecule has 0 bridgehead atoms. The fraction of sp³-hybridized carbons (Fsp3) is 0. The zero-order chi connectivity index (χ0) is 20.4. The Bertz CT molecular complexity index is 1310. The maximum absolute atomic E-state index is 14.4. The molecule has 0 saturated heterocycles. The van der Waals surface area contributed by atoms with Gasteiger partial charge >= 0.3 is 5.88 Å². The predicted octanol–water partition coefficient (Wildman–Crippen LogP) is 4.79. The van der Waals surface area contributed by atoms with Gasteiger partial charge in [-0.2, -0.15) is 0 Å². The van der Waals surface area contributed by atoms with Crippen LogP contribution in [0.2, 0.25) is 0 Å². The van der Waals surface area contributed by atoms with E-state index in [1.165, 1.54) is 41.0 Å². The van der Waals surface area contributed by atoms with E-state index >= 15 is 0 Å². The summed E-state index contributed by atoms with van der Waals surface area (Å²) in [6, 6.07) is 15.4. The molecule has 0 aliphatic carbocycles. The number of aromatic nitrogens is 2. The van der Waals surface area contributed by atoms with Crippen LogP contribution in [-0.4, -0.2) is 14.5 Å². The van der Waals surface area contributed by atoms with Gasteiger partial charge in [-0.05, 0) is 41.8 Å². The molecule has 0 unspecified atom stereocenters. The number of hydrogen-bond donors (Lipinski definition) is 0. The van der Waals surface area contributed by atoms with Crippen molar-refractivity contribution in [3.05, 3.63) is 98.1 Å². The van der Waals surface area contributed by atoms with Crippen LogP contribution in [0.5, 0.6) is 0 Å². The summed E-state index contributed by atoms with van der Waals surface area (Å²) in [4.78, 5) is 27.6. The van der Waals surface area contributed by atoms with Crippen molar-refractivity contribution < 1.29 is 13.7 Å². The van der Waals surface area contributed by atoms with Crippen LogP contribution in [0.3, 0.4) is 0 Å². The first kappa shape index (κ1) is 18.6. The summed E-state index contributed by atoms with van der Waals surface area (Å²) in [7, 11) is 0. The summed E-state index contributed by atoms with van der Waals surface area (Å²) in [5.41, 5.74) is 0.167. The van der Waals surface area contributed by atoms with E-state index in [-0.39, 0.29) is 22.5 Å². The van der Waals surface area contributed by atoms with Gasteiger partial charge in [0, 0.05) is 0 Å². The molecule has 4 rings (SSSR count). The summed E-state index contributed by atoms with van der Waals surface area (Å²) in [5, 5.41) is 12.9. The van der Waals surface area contributed by atoms with Crippen LogP contribution in [-0.2, 0) is 0 Å². The Morgan fingerprint density at radius 3 is 2.62 bits per heavy atom. The molecule has 0 amide bonds. The van der Waals surface area contributed by atoms with Crippen molar-refractivity contribution in [1.29, 1.82) is 0 Å². The van der Waals surface area contributed by atoms with Crippen LogP contribution in [0.15, 0.2) is 80.4 Å². The number of nitrogens with zero attached hydrogens (tertiary/aromatic N) is 3. The zero-order valence-corrected chi connectivity index (χ0v) is 15.5. The second-order valence-electron chi connectivity index (χ2n) is 5.86. The quantitative estimate of drug-likeness (QED) is 0.204. The smallest absolute Gasteiger partial charge is 0.401 e. The second-order valence-corrected chi connectivity index (χ2v) is 6.73. The van der Waals surface area contributed by atoms with Crippen LogP contribution in [0.25, 0.3) is 22.7 Å². The molecular formula is C20H12FN3O4S. The Hall–Kier alpha value is -3.72. The van der Waals surface area contributed by atoms with E-state index in [9.17, 15) is 19.3 Å². The van der Waals surface area contributed by atoms with E-state index in [0.29, 0.717) is 10.9 Å². The van der Waals surface area contributed by atoms with E-state index in [1.54, 1.807) is 35.7 Å². The van der Waals surface area contributed by atoms with Crippen LogP contribution < -0.4 is 5.56 Å². The zero-order valence-electron chi connectivity index (χ0n) is 14.7. The highest BCUT2D eigenvalue weighted by Gasteiger charge is 2.15. The van der Waals surface area contributed by atoms with Crippen molar-refractivity contribution in [3.8, 4) is 5.69 Å². The summed E-state index contributed by atoms with van der Waals surface area (Å²) < 4.78 is 20.7. The van der Waals surface area contributed by atoms with Crippen molar-refractivity contribution in [2.24, 2.45) is 0 Å².